The van der Waals surface area contributed by atoms with Crippen LogP contribution in [0.5, 0.6) is 0 Å². The largest absolute Gasteiger partial charge is 0.279 e. The number of hydrogen-bond acceptors (Lipinski definition) is 3. The van der Waals surface area contributed by atoms with Crippen molar-refractivity contribution in [1.29, 1.82) is 5.26 Å². The third-order valence-corrected chi connectivity index (χ3v) is 4.04. The van der Waals surface area contributed by atoms with Gasteiger partial charge in [0.05, 0.1) is 5.69 Å². The van der Waals surface area contributed by atoms with Crippen molar-refractivity contribution in [3.63, 3.8) is 0 Å². The third-order valence-electron chi connectivity index (χ3n) is 3.67. The third kappa shape index (κ3) is 3.53. The summed E-state index contributed by atoms with van der Waals surface area (Å²) in [6.45, 7) is 2.03. The van der Waals surface area contributed by atoms with Gasteiger partial charge in [-0.1, -0.05) is 59.6 Å². The number of aryl methyl sites for hydroxylation is 1. The van der Waals surface area contributed by atoms with Crippen molar-refractivity contribution >= 4 is 23.6 Å². The number of aromatic amines is 1. The van der Waals surface area contributed by atoms with Crippen molar-refractivity contribution in [2.24, 2.45) is 4.99 Å². The van der Waals surface area contributed by atoms with Crippen molar-refractivity contribution in [3.05, 3.63) is 81.5 Å². The molecule has 1 N–H and O–H groups in total. The van der Waals surface area contributed by atoms with E-state index in [0.29, 0.717) is 28.5 Å². The summed E-state index contributed by atoms with van der Waals surface area (Å²) in [6, 6.07) is 17.7. The van der Waals surface area contributed by atoms with Gasteiger partial charge < -0.3 is 0 Å². The summed E-state index contributed by atoms with van der Waals surface area (Å²) >= 11 is 6.18. The van der Waals surface area contributed by atoms with E-state index in [-0.39, 0.29) is 0 Å². The molecule has 0 saturated heterocycles. The molecule has 0 radical (unpaired) electrons. The Morgan fingerprint density at radius 1 is 1.21 bits per heavy atom. The average Bonchev–Trinajstić information content (AvgIpc) is 2.98. The second-order valence-electron chi connectivity index (χ2n) is 5.45. The molecule has 0 bridgehead atoms. The van der Waals surface area contributed by atoms with Crippen LogP contribution < -0.4 is 0 Å². The van der Waals surface area contributed by atoms with Crippen LogP contribution in [0.4, 0.5) is 5.82 Å². The highest BCUT2D eigenvalue weighted by Crippen LogP contribution is 2.24. The topological polar surface area (TPSA) is 64.8 Å². The fraction of sp³-hybridized carbons (Fsp3) is 0.105. The van der Waals surface area contributed by atoms with Gasteiger partial charge in [0, 0.05) is 17.7 Å². The highest BCUT2D eigenvalue weighted by molar-refractivity contribution is 6.31. The van der Waals surface area contributed by atoms with E-state index >= 15 is 0 Å². The summed E-state index contributed by atoms with van der Waals surface area (Å²) in [5.74, 6) is 0.389. The molecule has 0 unspecified atom stereocenters. The number of nitrogens with zero attached hydrogens (tertiary/aromatic N) is 3. The Bertz CT molecular complexity index is 917. The molecule has 0 fully saturated rings. The molecule has 1 aromatic heterocycles. The molecule has 1 heterocycles. The molecular weight excluding hydrogens is 320 g/mol. The predicted octanol–water partition coefficient (Wildman–Crippen LogP) is 4.58. The minimum Gasteiger partial charge on any atom is -0.279 e. The van der Waals surface area contributed by atoms with Gasteiger partial charge in [0.2, 0.25) is 0 Å². The van der Waals surface area contributed by atoms with E-state index in [1.807, 2.05) is 55.5 Å². The molecule has 118 valence electrons. The van der Waals surface area contributed by atoms with Gasteiger partial charge in [-0.25, -0.2) is 4.99 Å². The number of rotatable bonds is 4. The smallest absolute Gasteiger partial charge is 0.191 e. The molecule has 4 nitrogen and oxygen atoms in total. The Hall–Kier alpha value is -2.90. The minimum atomic E-state index is 0.389. The molecule has 0 aliphatic heterocycles. The first-order valence-corrected chi connectivity index (χ1v) is 7.86. The molecule has 0 saturated carbocycles. The average molecular weight is 335 g/mol. The van der Waals surface area contributed by atoms with Crippen LogP contribution in [0.15, 0.2) is 53.5 Å². The van der Waals surface area contributed by atoms with Gasteiger partial charge in [-0.15, -0.1) is 0 Å². The lowest BCUT2D eigenvalue weighted by molar-refractivity contribution is 0.993. The van der Waals surface area contributed by atoms with E-state index in [0.717, 1.165) is 11.1 Å². The van der Waals surface area contributed by atoms with Gasteiger partial charge in [-0.05, 0) is 24.1 Å². The summed E-state index contributed by atoms with van der Waals surface area (Å²) in [7, 11) is 0. The molecule has 0 aliphatic carbocycles. The van der Waals surface area contributed by atoms with E-state index in [2.05, 4.69) is 21.3 Å². The number of benzene rings is 2. The van der Waals surface area contributed by atoms with Gasteiger partial charge in [-0.2, -0.15) is 10.4 Å². The Morgan fingerprint density at radius 2 is 1.96 bits per heavy atom. The van der Waals surface area contributed by atoms with Crippen molar-refractivity contribution in [2.75, 3.05) is 0 Å². The molecule has 24 heavy (non-hydrogen) atoms. The summed E-state index contributed by atoms with van der Waals surface area (Å²) < 4.78 is 0. The minimum absolute atomic E-state index is 0.389. The van der Waals surface area contributed by atoms with Crippen molar-refractivity contribution in [1.82, 2.24) is 10.2 Å². The predicted molar refractivity (Wildman–Crippen MR) is 96.0 cm³/mol. The van der Waals surface area contributed by atoms with E-state index in [9.17, 15) is 5.26 Å². The standard InChI is InChI=1S/C19H15ClN4/c1-13-6-8-14(9-7-13)12-22-19-16(11-21)18(23-24-19)10-15-4-2-3-5-17(15)20/h2-9,12H,10H2,1H3,(H,23,24). The Kier molecular flexibility index (Phi) is 4.74. The van der Waals surface area contributed by atoms with E-state index in [4.69, 9.17) is 11.6 Å². The monoisotopic (exact) mass is 334 g/mol. The Balaban J connectivity index is 1.86. The molecular formula is C19H15ClN4. The number of hydrogen-bond donors (Lipinski definition) is 1. The van der Waals surface area contributed by atoms with Crippen LogP contribution in [0.25, 0.3) is 0 Å². The highest BCUT2D eigenvalue weighted by atomic mass is 35.5. The second-order valence-corrected chi connectivity index (χ2v) is 5.86. The first-order valence-electron chi connectivity index (χ1n) is 7.49. The zero-order valence-electron chi connectivity index (χ0n) is 13.1. The first-order chi connectivity index (χ1) is 11.7. The SMILES string of the molecule is Cc1ccc(C=Nc2n[nH]c(Cc3ccccc3Cl)c2C#N)cc1. The normalized spacial score (nSPS) is 10.9. The van der Waals surface area contributed by atoms with Crippen LogP contribution in [-0.4, -0.2) is 16.4 Å². The van der Waals surface area contributed by atoms with E-state index < -0.39 is 0 Å². The molecule has 5 heteroatoms. The number of nitriles is 1. The van der Waals surface area contributed by atoms with Crippen LogP contribution in [-0.2, 0) is 6.42 Å². The quantitative estimate of drug-likeness (QED) is 0.709. The first kappa shape index (κ1) is 16.0. The molecule has 0 spiro atoms. The van der Waals surface area contributed by atoms with Crippen molar-refractivity contribution in [3.8, 4) is 6.07 Å². The summed E-state index contributed by atoms with van der Waals surface area (Å²) in [4.78, 5) is 4.34. The molecule has 2 aromatic carbocycles. The maximum Gasteiger partial charge on any atom is 0.191 e. The van der Waals surface area contributed by atoms with Gasteiger partial charge in [0.15, 0.2) is 5.82 Å². The van der Waals surface area contributed by atoms with Gasteiger partial charge in [0.1, 0.15) is 11.6 Å². The number of H-pyrrole nitrogens is 1. The zero-order chi connectivity index (χ0) is 16.9. The van der Waals surface area contributed by atoms with Gasteiger partial charge in [-0.3, -0.25) is 5.10 Å². The Labute approximate surface area is 145 Å². The lowest BCUT2D eigenvalue weighted by Gasteiger charge is -2.01. The van der Waals surface area contributed by atoms with Crippen LogP contribution in [0, 0.1) is 18.3 Å². The number of halogens is 1. The Morgan fingerprint density at radius 3 is 2.67 bits per heavy atom. The van der Waals surface area contributed by atoms with E-state index in [1.54, 1.807) is 6.21 Å². The molecule has 3 rings (SSSR count). The van der Waals surface area contributed by atoms with Crippen LogP contribution in [0.2, 0.25) is 5.02 Å². The number of aromatic nitrogens is 2. The van der Waals surface area contributed by atoms with Crippen LogP contribution in [0.3, 0.4) is 0 Å². The lowest BCUT2D eigenvalue weighted by Crippen LogP contribution is -1.92. The second kappa shape index (κ2) is 7.12. The maximum absolute atomic E-state index is 9.45. The molecule has 0 atom stereocenters. The maximum atomic E-state index is 9.45. The molecule has 0 aliphatic rings. The number of aliphatic imine (C=N–C) groups is 1. The summed E-state index contributed by atoms with van der Waals surface area (Å²) in [5, 5.41) is 17.2. The van der Waals surface area contributed by atoms with E-state index in [1.165, 1.54) is 5.56 Å². The number of nitrogens with one attached hydrogen (secondary N) is 1. The molecule has 3 aromatic rings. The summed E-state index contributed by atoms with van der Waals surface area (Å²) in [6.07, 6.45) is 2.21. The van der Waals surface area contributed by atoms with Crippen molar-refractivity contribution in [2.45, 2.75) is 13.3 Å². The fourth-order valence-corrected chi connectivity index (χ4v) is 2.53. The van der Waals surface area contributed by atoms with Crippen LogP contribution in [0.1, 0.15) is 27.9 Å². The molecule has 0 amide bonds. The van der Waals surface area contributed by atoms with Gasteiger partial charge >= 0.3 is 0 Å². The zero-order valence-corrected chi connectivity index (χ0v) is 13.9. The highest BCUT2D eigenvalue weighted by Gasteiger charge is 2.13. The van der Waals surface area contributed by atoms with Crippen LogP contribution >= 0.6 is 11.6 Å². The fourth-order valence-electron chi connectivity index (χ4n) is 2.33. The lowest BCUT2D eigenvalue weighted by atomic mass is 10.1. The van der Waals surface area contributed by atoms with Gasteiger partial charge in [0.25, 0.3) is 0 Å². The van der Waals surface area contributed by atoms with Crippen molar-refractivity contribution < 1.29 is 0 Å². The summed E-state index contributed by atoms with van der Waals surface area (Å²) in [5.41, 5.74) is 4.24.